The van der Waals surface area contributed by atoms with E-state index < -0.39 is 11.9 Å². The number of aryl methyl sites for hydroxylation is 1. The third-order valence-corrected chi connectivity index (χ3v) is 2.13. The first-order valence-electron chi connectivity index (χ1n) is 5.14. The highest BCUT2D eigenvalue weighted by atomic mass is 19.4. The first-order chi connectivity index (χ1) is 8.45. The molecule has 96 valence electrons. The SMILES string of the molecule is Cc1cnc(CNc2cccc(C(F)(F)F)n2)o1. The van der Waals surface area contributed by atoms with E-state index in [-0.39, 0.29) is 12.4 Å². The van der Waals surface area contributed by atoms with Gasteiger partial charge >= 0.3 is 6.18 Å². The Hall–Kier alpha value is -2.05. The van der Waals surface area contributed by atoms with Crippen LogP contribution in [0.15, 0.2) is 28.8 Å². The van der Waals surface area contributed by atoms with Crippen LogP contribution in [0.5, 0.6) is 0 Å². The lowest BCUT2D eigenvalue weighted by Crippen LogP contribution is -2.10. The number of pyridine rings is 1. The first kappa shape index (κ1) is 12.4. The van der Waals surface area contributed by atoms with Crippen LogP contribution >= 0.6 is 0 Å². The van der Waals surface area contributed by atoms with Gasteiger partial charge in [-0.15, -0.1) is 0 Å². The lowest BCUT2D eigenvalue weighted by atomic mass is 10.3. The van der Waals surface area contributed by atoms with Crippen LogP contribution in [0.3, 0.4) is 0 Å². The van der Waals surface area contributed by atoms with Gasteiger partial charge in [-0.05, 0) is 19.1 Å². The second-order valence-corrected chi connectivity index (χ2v) is 3.62. The molecular weight excluding hydrogens is 247 g/mol. The Bertz CT molecular complexity index is 536. The summed E-state index contributed by atoms with van der Waals surface area (Å²) in [5.74, 6) is 1.16. The Morgan fingerprint density at radius 3 is 2.72 bits per heavy atom. The molecule has 0 aliphatic heterocycles. The number of nitrogens with zero attached hydrogens (tertiary/aromatic N) is 2. The van der Waals surface area contributed by atoms with Crippen molar-refractivity contribution < 1.29 is 17.6 Å². The number of alkyl halides is 3. The summed E-state index contributed by atoms with van der Waals surface area (Å²) < 4.78 is 42.4. The van der Waals surface area contributed by atoms with Crippen LogP contribution in [-0.2, 0) is 12.7 Å². The van der Waals surface area contributed by atoms with Crippen molar-refractivity contribution in [2.45, 2.75) is 19.6 Å². The van der Waals surface area contributed by atoms with Crippen molar-refractivity contribution in [1.82, 2.24) is 9.97 Å². The van der Waals surface area contributed by atoms with Gasteiger partial charge in [-0.2, -0.15) is 13.2 Å². The van der Waals surface area contributed by atoms with Crippen molar-refractivity contribution in [3.63, 3.8) is 0 Å². The quantitative estimate of drug-likeness (QED) is 0.918. The van der Waals surface area contributed by atoms with E-state index in [1.807, 2.05) is 0 Å². The number of aromatic nitrogens is 2. The predicted molar refractivity (Wildman–Crippen MR) is 57.8 cm³/mol. The van der Waals surface area contributed by atoms with Crippen LogP contribution in [0.25, 0.3) is 0 Å². The topological polar surface area (TPSA) is 51.0 Å². The molecule has 0 aliphatic rings. The van der Waals surface area contributed by atoms with Crippen LogP contribution in [0.2, 0.25) is 0 Å². The maximum atomic E-state index is 12.4. The number of halogens is 3. The molecule has 0 unspecified atom stereocenters. The smallest absolute Gasteiger partial charge is 0.433 e. The third kappa shape index (κ3) is 2.99. The minimum absolute atomic E-state index is 0.126. The molecule has 0 saturated carbocycles. The second-order valence-electron chi connectivity index (χ2n) is 3.62. The zero-order valence-corrected chi connectivity index (χ0v) is 9.45. The van der Waals surface area contributed by atoms with E-state index in [0.29, 0.717) is 11.7 Å². The van der Waals surface area contributed by atoms with Crippen molar-refractivity contribution >= 4 is 5.82 Å². The summed E-state index contributed by atoms with van der Waals surface area (Å²) in [7, 11) is 0. The fourth-order valence-corrected chi connectivity index (χ4v) is 1.34. The Labute approximate surface area is 101 Å². The Morgan fingerprint density at radius 1 is 1.33 bits per heavy atom. The monoisotopic (exact) mass is 257 g/mol. The molecule has 0 fully saturated rings. The molecule has 2 aromatic rings. The van der Waals surface area contributed by atoms with Gasteiger partial charge in [-0.1, -0.05) is 6.07 Å². The number of anilines is 1. The Balaban J connectivity index is 2.06. The van der Waals surface area contributed by atoms with Crippen LogP contribution in [-0.4, -0.2) is 9.97 Å². The molecule has 0 radical (unpaired) electrons. The summed E-state index contributed by atoms with van der Waals surface area (Å²) in [5, 5.41) is 2.72. The van der Waals surface area contributed by atoms with E-state index >= 15 is 0 Å². The molecular formula is C11H10F3N3O. The summed E-state index contributed by atoms with van der Waals surface area (Å²) in [6.45, 7) is 1.92. The van der Waals surface area contributed by atoms with Crippen molar-refractivity contribution in [3.05, 3.63) is 41.7 Å². The van der Waals surface area contributed by atoms with Gasteiger partial charge in [0, 0.05) is 0 Å². The largest absolute Gasteiger partial charge is 0.444 e. The fourth-order valence-electron chi connectivity index (χ4n) is 1.34. The van der Waals surface area contributed by atoms with Gasteiger partial charge in [0.15, 0.2) is 0 Å². The minimum atomic E-state index is -4.45. The number of hydrogen-bond acceptors (Lipinski definition) is 4. The van der Waals surface area contributed by atoms with E-state index in [2.05, 4.69) is 15.3 Å². The third-order valence-electron chi connectivity index (χ3n) is 2.13. The van der Waals surface area contributed by atoms with Crippen molar-refractivity contribution in [2.75, 3.05) is 5.32 Å². The van der Waals surface area contributed by atoms with Gasteiger partial charge in [-0.25, -0.2) is 9.97 Å². The van der Waals surface area contributed by atoms with Crippen LogP contribution in [0, 0.1) is 6.92 Å². The lowest BCUT2D eigenvalue weighted by Gasteiger charge is -2.08. The fraction of sp³-hybridized carbons (Fsp3) is 0.273. The molecule has 2 aromatic heterocycles. The van der Waals surface area contributed by atoms with Gasteiger partial charge in [0.2, 0.25) is 5.89 Å². The van der Waals surface area contributed by atoms with E-state index in [1.54, 1.807) is 6.92 Å². The number of hydrogen-bond donors (Lipinski definition) is 1. The molecule has 0 amide bonds. The van der Waals surface area contributed by atoms with Gasteiger partial charge in [-0.3, -0.25) is 0 Å². The van der Waals surface area contributed by atoms with Crippen molar-refractivity contribution in [2.24, 2.45) is 0 Å². The minimum Gasteiger partial charge on any atom is -0.444 e. The molecule has 2 rings (SSSR count). The van der Waals surface area contributed by atoms with Gasteiger partial charge in [0.25, 0.3) is 0 Å². The molecule has 18 heavy (non-hydrogen) atoms. The highest BCUT2D eigenvalue weighted by Crippen LogP contribution is 2.28. The van der Waals surface area contributed by atoms with Crippen LogP contribution in [0.4, 0.5) is 19.0 Å². The molecule has 0 aliphatic carbocycles. The summed E-state index contributed by atoms with van der Waals surface area (Å²) >= 11 is 0. The maximum absolute atomic E-state index is 12.4. The summed E-state index contributed by atoms with van der Waals surface area (Å²) in [4.78, 5) is 7.38. The van der Waals surface area contributed by atoms with Crippen molar-refractivity contribution in [1.29, 1.82) is 0 Å². The van der Waals surface area contributed by atoms with Crippen LogP contribution < -0.4 is 5.32 Å². The molecule has 0 aromatic carbocycles. The van der Waals surface area contributed by atoms with E-state index in [4.69, 9.17) is 4.42 Å². The van der Waals surface area contributed by atoms with E-state index in [0.717, 1.165) is 6.07 Å². The van der Waals surface area contributed by atoms with Crippen molar-refractivity contribution in [3.8, 4) is 0 Å². The average Bonchev–Trinajstić information content (AvgIpc) is 2.72. The number of rotatable bonds is 3. The molecule has 1 N–H and O–H groups in total. The maximum Gasteiger partial charge on any atom is 0.433 e. The van der Waals surface area contributed by atoms with Gasteiger partial charge < -0.3 is 9.73 Å². The Kier molecular flexibility index (Phi) is 3.22. The number of nitrogens with one attached hydrogen (secondary N) is 1. The average molecular weight is 257 g/mol. The van der Waals surface area contributed by atoms with E-state index in [1.165, 1.54) is 18.3 Å². The molecule has 4 nitrogen and oxygen atoms in total. The Morgan fingerprint density at radius 2 is 2.11 bits per heavy atom. The number of oxazole rings is 1. The predicted octanol–water partition coefficient (Wildman–Crippen LogP) is 3.01. The summed E-state index contributed by atoms with van der Waals surface area (Å²) in [6.07, 6.45) is -2.91. The van der Waals surface area contributed by atoms with Gasteiger partial charge in [0.1, 0.15) is 17.3 Å². The molecule has 0 saturated heterocycles. The first-order valence-corrected chi connectivity index (χ1v) is 5.14. The van der Waals surface area contributed by atoms with E-state index in [9.17, 15) is 13.2 Å². The molecule has 2 heterocycles. The molecule has 0 spiro atoms. The molecule has 7 heteroatoms. The molecule has 0 atom stereocenters. The highest BCUT2D eigenvalue weighted by Gasteiger charge is 2.32. The highest BCUT2D eigenvalue weighted by molar-refractivity contribution is 5.35. The van der Waals surface area contributed by atoms with Gasteiger partial charge in [0.05, 0.1) is 12.7 Å². The standard InChI is InChI=1S/C11H10F3N3O/c1-7-5-16-10(18-7)6-15-9-4-2-3-8(17-9)11(12,13)14/h2-5H,6H2,1H3,(H,15,17). The summed E-state index contributed by atoms with van der Waals surface area (Å²) in [5.41, 5.74) is -0.934. The summed E-state index contributed by atoms with van der Waals surface area (Å²) in [6, 6.07) is 3.66. The van der Waals surface area contributed by atoms with Crippen LogP contribution in [0.1, 0.15) is 17.3 Å². The normalized spacial score (nSPS) is 11.6. The zero-order valence-electron chi connectivity index (χ0n) is 9.45. The lowest BCUT2D eigenvalue weighted by molar-refractivity contribution is -0.141. The second kappa shape index (κ2) is 4.67. The molecule has 0 bridgehead atoms. The zero-order chi connectivity index (χ0) is 13.2.